The number of carbonyl (C=O) groups is 1. The number of aliphatic imine (C=N–C) groups is 1. The Morgan fingerprint density at radius 3 is 2.91 bits per heavy atom. The van der Waals surface area contributed by atoms with Crippen molar-refractivity contribution < 1.29 is 4.79 Å². The molecule has 3 rings (SSSR count). The average Bonchev–Trinajstić information content (AvgIpc) is 2.88. The van der Waals surface area contributed by atoms with Gasteiger partial charge in [0.25, 0.3) is 5.91 Å². The van der Waals surface area contributed by atoms with Crippen LogP contribution < -0.4 is 5.32 Å². The van der Waals surface area contributed by atoms with E-state index < -0.39 is 0 Å². The van der Waals surface area contributed by atoms with Gasteiger partial charge in [-0.15, -0.1) is 0 Å². The third kappa shape index (κ3) is 3.54. The highest BCUT2D eigenvalue weighted by molar-refractivity contribution is 8.14. The lowest BCUT2D eigenvalue weighted by molar-refractivity contribution is 0.0977. The zero-order valence-electron chi connectivity index (χ0n) is 12.7. The van der Waals surface area contributed by atoms with Gasteiger partial charge in [-0.25, -0.2) is 0 Å². The highest BCUT2D eigenvalue weighted by Crippen LogP contribution is 2.39. The minimum Gasteiger partial charge on any atom is -0.301 e. The molecule has 5 nitrogen and oxygen atoms in total. The molecule has 1 amide bonds. The average molecular weight is 347 g/mol. The molecule has 118 valence electrons. The van der Waals surface area contributed by atoms with E-state index in [9.17, 15) is 4.79 Å². The van der Waals surface area contributed by atoms with Gasteiger partial charge in [0.15, 0.2) is 5.17 Å². The van der Waals surface area contributed by atoms with Crippen molar-refractivity contribution in [2.75, 3.05) is 0 Å². The maximum Gasteiger partial charge on any atom is 0.257 e. The summed E-state index contributed by atoms with van der Waals surface area (Å²) in [5, 5.41) is 4.16. The van der Waals surface area contributed by atoms with Crippen LogP contribution in [0.3, 0.4) is 0 Å². The molecule has 0 fully saturated rings. The fourth-order valence-corrected chi connectivity index (χ4v) is 3.64. The summed E-state index contributed by atoms with van der Waals surface area (Å²) in [5.74, 6) is -0.178. The molecule has 1 aliphatic heterocycles. The molecule has 2 aromatic rings. The van der Waals surface area contributed by atoms with Gasteiger partial charge in [-0.05, 0) is 37.6 Å². The fourth-order valence-electron chi connectivity index (χ4n) is 2.34. The molecular formula is C16H15ClN4OS. The molecule has 2 atom stereocenters. The van der Waals surface area contributed by atoms with Crippen LogP contribution in [0.5, 0.6) is 0 Å². The predicted octanol–water partition coefficient (Wildman–Crippen LogP) is 3.40. The summed E-state index contributed by atoms with van der Waals surface area (Å²) in [4.78, 5) is 25.2. The fraction of sp³-hybridized carbons (Fsp3) is 0.250. The van der Waals surface area contributed by atoms with Gasteiger partial charge < -0.3 is 5.32 Å². The van der Waals surface area contributed by atoms with Crippen LogP contribution in [0.1, 0.15) is 33.8 Å². The first-order valence-electron chi connectivity index (χ1n) is 7.12. The molecule has 0 aromatic carbocycles. The van der Waals surface area contributed by atoms with Crippen molar-refractivity contribution in [1.29, 1.82) is 0 Å². The van der Waals surface area contributed by atoms with Crippen molar-refractivity contribution in [2.24, 2.45) is 4.99 Å². The summed E-state index contributed by atoms with van der Waals surface area (Å²) in [6, 6.07) is 5.29. The van der Waals surface area contributed by atoms with E-state index in [2.05, 4.69) is 20.3 Å². The van der Waals surface area contributed by atoms with Gasteiger partial charge in [-0.3, -0.25) is 19.8 Å². The number of aryl methyl sites for hydroxylation is 1. The van der Waals surface area contributed by atoms with Crippen molar-refractivity contribution in [3.8, 4) is 0 Å². The van der Waals surface area contributed by atoms with Crippen LogP contribution in [0, 0.1) is 6.92 Å². The Hall–Kier alpha value is -1.92. The van der Waals surface area contributed by atoms with E-state index in [1.54, 1.807) is 30.7 Å². The van der Waals surface area contributed by atoms with E-state index in [-0.39, 0.29) is 17.2 Å². The number of rotatable bonds is 2. The number of carbonyl (C=O) groups excluding carboxylic acids is 1. The molecule has 1 N–H and O–H groups in total. The molecule has 23 heavy (non-hydrogen) atoms. The van der Waals surface area contributed by atoms with Gasteiger partial charge in [-0.2, -0.15) is 0 Å². The second-order valence-corrected chi connectivity index (χ2v) is 6.82. The number of halogens is 1. The predicted molar refractivity (Wildman–Crippen MR) is 92.9 cm³/mol. The van der Waals surface area contributed by atoms with Crippen molar-refractivity contribution >= 4 is 34.4 Å². The smallest absolute Gasteiger partial charge is 0.257 e. The lowest BCUT2D eigenvalue weighted by Crippen LogP contribution is -2.28. The minimum atomic E-state index is -0.178. The molecule has 0 radical (unpaired) electrons. The second-order valence-electron chi connectivity index (χ2n) is 5.26. The lowest BCUT2D eigenvalue weighted by Gasteiger charge is -2.12. The normalized spacial score (nSPS) is 20.2. The standard InChI is InChI=1S/C16H15ClN4OS/c1-9-8-18-5-4-12(9)15(22)21-16-20-10(2)14(23-16)13-7-11(17)3-6-19-13/h3-8,10,14H,1-2H3,(H,20,21,22). The third-order valence-corrected chi connectivity index (χ3v) is 5.07. The van der Waals surface area contributed by atoms with Gasteiger partial charge in [0.2, 0.25) is 0 Å². The lowest BCUT2D eigenvalue weighted by atomic mass is 10.1. The first-order valence-corrected chi connectivity index (χ1v) is 8.38. The molecule has 0 aliphatic carbocycles. The second kappa shape index (κ2) is 6.68. The Kier molecular flexibility index (Phi) is 4.63. The Bertz CT molecular complexity index is 780. The summed E-state index contributed by atoms with van der Waals surface area (Å²) in [6.07, 6.45) is 4.95. The Balaban J connectivity index is 1.72. The quantitative estimate of drug-likeness (QED) is 0.905. The van der Waals surface area contributed by atoms with E-state index in [0.717, 1.165) is 11.3 Å². The molecular weight excluding hydrogens is 332 g/mol. The van der Waals surface area contributed by atoms with E-state index in [0.29, 0.717) is 15.8 Å². The van der Waals surface area contributed by atoms with Crippen LogP contribution >= 0.6 is 23.4 Å². The molecule has 2 aromatic heterocycles. The summed E-state index contributed by atoms with van der Waals surface area (Å²) >= 11 is 7.52. The van der Waals surface area contributed by atoms with E-state index in [1.807, 2.05) is 19.9 Å². The maximum absolute atomic E-state index is 12.4. The van der Waals surface area contributed by atoms with Gasteiger partial charge in [0.05, 0.1) is 17.0 Å². The van der Waals surface area contributed by atoms with Gasteiger partial charge in [0.1, 0.15) is 0 Å². The Morgan fingerprint density at radius 2 is 2.17 bits per heavy atom. The number of aromatic nitrogens is 2. The zero-order chi connectivity index (χ0) is 16.4. The minimum absolute atomic E-state index is 0.0137. The van der Waals surface area contributed by atoms with Crippen LogP contribution in [0.2, 0.25) is 5.02 Å². The van der Waals surface area contributed by atoms with E-state index >= 15 is 0 Å². The van der Waals surface area contributed by atoms with Crippen LogP contribution in [-0.4, -0.2) is 27.1 Å². The van der Waals surface area contributed by atoms with Gasteiger partial charge in [-0.1, -0.05) is 23.4 Å². The molecule has 7 heteroatoms. The van der Waals surface area contributed by atoms with Crippen molar-refractivity contribution in [1.82, 2.24) is 15.3 Å². The van der Waals surface area contributed by atoms with Crippen molar-refractivity contribution in [2.45, 2.75) is 25.1 Å². The van der Waals surface area contributed by atoms with E-state index in [1.165, 1.54) is 11.8 Å². The first-order chi connectivity index (χ1) is 11.0. The number of nitrogens with zero attached hydrogens (tertiary/aromatic N) is 3. The molecule has 0 bridgehead atoms. The van der Waals surface area contributed by atoms with Crippen molar-refractivity contribution in [3.63, 3.8) is 0 Å². The van der Waals surface area contributed by atoms with E-state index in [4.69, 9.17) is 11.6 Å². The molecule has 2 unspecified atom stereocenters. The number of hydrogen-bond acceptors (Lipinski definition) is 5. The van der Waals surface area contributed by atoms with Crippen molar-refractivity contribution in [3.05, 3.63) is 58.6 Å². The first kappa shape index (κ1) is 16.0. The summed E-state index contributed by atoms with van der Waals surface area (Å²) in [5.41, 5.74) is 2.29. The number of thioether (sulfide) groups is 1. The summed E-state index contributed by atoms with van der Waals surface area (Å²) in [7, 11) is 0. The largest absolute Gasteiger partial charge is 0.301 e. The third-order valence-electron chi connectivity index (χ3n) is 3.52. The summed E-state index contributed by atoms with van der Waals surface area (Å²) < 4.78 is 0. The Labute approximate surface area is 143 Å². The monoisotopic (exact) mass is 346 g/mol. The Morgan fingerprint density at radius 1 is 1.35 bits per heavy atom. The maximum atomic E-state index is 12.4. The number of hydrogen-bond donors (Lipinski definition) is 1. The highest BCUT2D eigenvalue weighted by Gasteiger charge is 2.30. The SMILES string of the molecule is Cc1cnccc1C(=O)NC1=NC(C)C(c2cc(Cl)ccn2)S1. The number of pyridine rings is 2. The van der Waals surface area contributed by atoms with Crippen LogP contribution in [0.4, 0.5) is 0 Å². The number of amides is 1. The van der Waals surface area contributed by atoms with Crippen LogP contribution in [-0.2, 0) is 0 Å². The van der Waals surface area contributed by atoms with Gasteiger partial charge in [0, 0.05) is 29.2 Å². The molecule has 3 heterocycles. The zero-order valence-corrected chi connectivity index (χ0v) is 14.2. The highest BCUT2D eigenvalue weighted by atomic mass is 35.5. The number of nitrogens with one attached hydrogen (secondary N) is 1. The molecule has 0 saturated carbocycles. The van der Waals surface area contributed by atoms with Crippen LogP contribution in [0.25, 0.3) is 0 Å². The number of amidine groups is 1. The topological polar surface area (TPSA) is 67.2 Å². The molecule has 0 saturated heterocycles. The molecule has 0 spiro atoms. The molecule has 1 aliphatic rings. The summed E-state index contributed by atoms with van der Waals surface area (Å²) in [6.45, 7) is 3.85. The van der Waals surface area contributed by atoms with Gasteiger partial charge >= 0.3 is 0 Å². The van der Waals surface area contributed by atoms with Crippen LogP contribution in [0.15, 0.2) is 41.8 Å².